The molecule has 2 atom stereocenters. The molecule has 6 nitrogen and oxygen atoms in total. The van der Waals surface area contributed by atoms with Gasteiger partial charge in [-0.3, -0.25) is 4.68 Å². The monoisotopic (exact) mass is 206 g/mol. The molecule has 0 aromatic carbocycles. The quantitative estimate of drug-likeness (QED) is 0.418. The molecule has 2 rings (SSSR count). The Bertz CT molecular complexity index is 391. The van der Waals surface area contributed by atoms with Crippen molar-refractivity contribution >= 4 is 5.82 Å². The third kappa shape index (κ3) is 1.89. The van der Waals surface area contributed by atoms with E-state index in [-0.39, 0.29) is 6.04 Å². The second-order valence-electron chi connectivity index (χ2n) is 4.00. The Hall–Kier alpha value is -1.68. The van der Waals surface area contributed by atoms with Gasteiger partial charge in [-0.25, -0.2) is 0 Å². The van der Waals surface area contributed by atoms with E-state index in [1.54, 1.807) is 4.68 Å². The molecule has 1 aliphatic heterocycles. The Kier molecular flexibility index (Phi) is 2.51. The minimum absolute atomic E-state index is 0.0667. The Morgan fingerprint density at radius 1 is 1.60 bits per heavy atom. The van der Waals surface area contributed by atoms with Crippen molar-refractivity contribution in [1.29, 1.82) is 0 Å². The third-order valence-corrected chi connectivity index (χ3v) is 2.80. The molecule has 0 bridgehead atoms. The molecule has 6 heteroatoms. The summed E-state index contributed by atoms with van der Waals surface area (Å²) in [5, 5.41) is 8.12. The van der Waals surface area contributed by atoms with Crippen molar-refractivity contribution in [3.8, 4) is 0 Å². The summed E-state index contributed by atoms with van der Waals surface area (Å²) in [7, 11) is 1.90. The molecule has 15 heavy (non-hydrogen) atoms. The second-order valence-corrected chi connectivity index (χ2v) is 4.00. The van der Waals surface area contributed by atoms with Gasteiger partial charge < -0.3 is 4.90 Å². The number of nitrogens with zero attached hydrogens (tertiary/aromatic N) is 6. The van der Waals surface area contributed by atoms with E-state index in [1.165, 1.54) is 0 Å². The number of hydrogen-bond donors (Lipinski definition) is 0. The highest BCUT2D eigenvalue weighted by atomic mass is 15.4. The van der Waals surface area contributed by atoms with Gasteiger partial charge in [0.15, 0.2) is 5.82 Å². The summed E-state index contributed by atoms with van der Waals surface area (Å²) in [4.78, 5) is 5.03. The summed E-state index contributed by atoms with van der Waals surface area (Å²) >= 11 is 0. The van der Waals surface area contributed by atoms with Gasteiger partial charge >= 0.3 is 0 Å². The summed E-state index contributed by atoms with van der Waals surface area (Å²) in [6.45, 7) is 3.77. The van der Waals surface area contributed by atoms with Gasteiger partial charge in [0.2, 0.25) is 0 Å². The minimum atomic E-state index is 0.0667. The lowest BCUT2D eigenvalue weighted by Gasteiger charge is -2.13. The highest BCUT2D eigenvalue weighted by Gasteiger charge is 2.29. The van der Waals surface area contributed by atoms with Gasteiger partial charge in [0, 0.05) is 37.3 Å². The van der Waals surface area contributed by atoms with Crippen LogP contribution in [0.1, 0.15) is 6.92 Å². The standard InChI is InChI=1S/C9H14N6/c1-7-5-15(6-8(7)11-13-10)9-3-4-14(2)12-9/h3-4,7-8H,5-6H2,1-2H3. The summed E-state index contributed by atoms with van der Waals surface area (Å²) in [5.74, 6) is 1.35. The van der Waals surface area contributed by atoms with Gasteiger partial charge in [0.1, 0.15) is 0 Å². The Morgan fingerprint density at radius 2 is 2.40 bits per heavy atom. The van der Waals surface area contributed by atoms with Crippen LogP contribution in [0.5, 0.6) is 0 Å². The predicted octanol–water partition coefficient (Wildman–Crippen LogP) is 1.56. The van der Waals surface area contributed by atoms with Gasteiger partial charge in [-0.05, 0) is 11.4 Å². The van der Waals surface area contributed by atoms with Gasteiger partial charge in [0.25, 0.3) is 0 Å². The maximum absolute atomic E-state index is 8.43. The fraction of sp³-hybridized carbons (Fsp3) is 0.667. The van der Waals surface area contributed by atoms with Crippen LogP contribution in [0.15, 0.2) is 17.4 Å². The number of aryl methyl sites for hydroxylation is 1. The molecular weight excluding hydrogens is 192 g/mol. The van der Waals surface area contributed by atoms with E-state index in [1.807, 2.05) is 19.3 Å². The molecule has 80 valence electrons. The maximum Gasteiger partial charge on any atom is 0.150 e. The molecule has 0 radical (unpaired) electrons. The van der Waals surface area contributed by atoms with Crippen molar-refractivity contribution in [2.75, 3.05) is 18.0 Å². The van der Waals surface area contributed by atoms with E-state index >= 15 is 0 Å². The number of rotatable bonds is 2. The third-order valence-electron chi connectivity index (χ3n) is 2.80. The lowest BCUT2D eigenvalue weighted by atomic mass is 10.1. The van der Waals surface area contributed by atoms with E-state index in [9.17, 15) is 0 Å². The van der Waals surface area contributed by atoms with E-state index < -0.39 is 0 Å². The molecule has 0 N–H and O–H groups in total. The SMILES string of the molecule is CC1CN(c2ccn(C)n2)CC1N=[N+]=[N-]. The summed E-state index contributed by atoms with van der Waals surface area (Å²) in [6.07, 6.45) is 1.92. The van der Waals surface area contributed by atoms with E-state index in [0.717, 1.165) is 18.9 Å². The number of anilines is 1. The Labute approximate surface area is 88.1 Å². The normalized spacial score (nSPS) is 25.3. The highest BCUT2D eigenvalue weighted by Crippen LogP contribution is 2.24. The summed E-state index contributed by atoms with van der Waals surface area (Å²) < 4.78 is 1.78. The first-order valence-electron chi connectivity index (χ1n) is 4.99. The minimum Gasteiger partial charge on any atom is -0.354 e. The van der Waals surface area contributed by atoms with Gasteiger partial charge in [-0.1, -0.05) is 12.0 Å². The first-order valence-corrected chi connectivity index (χ1v) is 4.99. The number of aromatic nitrogens is 2. The zero-order chi connectivity index (χ0) is 10.8. The first kappa shape index (κ1) is 9.86. The lowest BCUT2D eigenvalue weighted by molar-refractivity contribution is 0.563. The van der Waals surface area contributed by atoms with E-state index in [2.05, 4.69) is 26.9 Å². The molecule has 0 aliphatic carbocycles. The Morgan fingerprint density at radius 3 is 3.00 bits per heavy atom. The predicted molar refractivity (Wildman–Crippen MR) is 57.5 cm³/mol. The van der Waals surface area contributed by atoms with Crippen molar-refractivity contribution in [2.45, 2.75) is 13.0 Å². The van der Waals surface area contributed by atoms with Crippen LogP contribution in [-0.2, 0) is 7.05 Å². The molecule has 2 heterocycles. The molecule has 0 spiro atoms. The zero-order valence-corrected chi connectivity index (χ0v) is 8.91. The van der Waals surface area contributed by atoms with Gasteiger partial charge in [-0.15, -0.1) is 0 Å². The number of azide groups is 1. The van der Waals surface area contributed by atoms with Crippen LogP contribution in [-0.4, -0.2) is 28.9 Å². The molecule has 1 fully saturated rings. The Balaban J connectivity index is 2.11. The fourth-order valence-electron chi connectivity index (χ4n) is 1.92. The van der Waals surface area contributed by atoms with Crippen molar-refractivity contribution in [3.63, 3.8) is 0 Å². The summed E-state index contributed by atoms with van der Waals surface area (Å²) in [6, 6.07) is 2.04. The van der Waals surface area contributed by atoms with Crippen molar-refractivity contribution in [2.24, 2.45) is 18.1 Å². The molecule has 1 aromatic rings. The molecule has 1 aromatic heterocycles. The second kappa shape index (κ2) is 3.82. The average molecular weight is 206 g/mol. The summed E-state index contributed by atoms with van der Waals surface area (Å²) in [5.41, 5.74) is 8.43. The van der Waals surface area contributed by atoms with Crippen LogP contribution < -0.4 is 4.90 Å². The largest absolute Gasteiger partial charge is 0.354 e. The van der Waals surface area contributed by atoms with E-state index in [0.29, 0.717) is 5.92 Å². The van der Waals surface area contributed by atoms with Crippen molar-refractivity contribution in [3.05, 3.63) is 22.7 Å². The van der Waals surface area contributed by atoms with Crippen LogP contribution in [0, 0.1) is 5.92 Å². The van der Waals surface area contributed by atoms with Gasteiger partial charge in [0.05, 0.1) is 6.04 Å². The van der Waals surface area contributed by atoms with Crippen LogP contribution in [0.3, 0.4) is 0 Å². The van der Waals surface area contributed by atoms with Crippen molar-refractivity contribution in [1.82, 2.24) is 9.78 Å². The molecule has 0 saturated carbocycles. The molecular formula is C9H14N6. The van der Waals surface area contributed by atoms with Crippen LogP contribution in [0.25, 0.3) is 10.4 Å². The van der Waals surface area contributed by atoms with Crippen LogP contribution >= 0.6 is 0 Å². The maximum atomic E-state index is 8.43. The van der Waals surface area contributed by atoms with Crippen LogP contribution in [0.2, 0.25) is 0 Å². The smallest absolute Gasteiger partial charge is 0.150 e. The molecule has 1 aliphatic rings. The zero-order valence-electron chi connectivity index (χ0n) is 8.91. The topological polar surface area (TPSA) is 69.8 Å². The van der Waals surface area contributed by atoms with Gasteiger partial charge in [-0.2, -0.15) is 5.10 Å². The highest BCUT2D eigenvalue weighted by molar-refractivity contribution is 5.39. The lowest BCUT2D eigenvalue weighted by Crippen LogP contribution is -2.21. The van der Waals surface area contributed by atoms with E-state index in [4.69, 9.17) is 5.53 Å². The average Bonchev–Trinajstić information content (AvgIpc) is 2.75. The first-order chi connectivity index (χ1) is 7.20. The number of hydrogen-bond acceptors (Lipinski definition) is 3. The van der Waals surface area contributed by atoms with Crippen LogP contribution in [0.4, 0.5) is 5.82 Å². The molecule has 1 saturated heterocycles. The molecule has 2 unspecified atom stereocenters. The van der Waals surface area contributed by atoms with Crippen molar-refractivity contribution < 1.29 is 0 Å². The fourth-order valence-corrected chi connectivity index (χ4v) is 1.92. The molecule has 0 amide bonds.